The van der Waals surface area contributed by atoms with Crippen LogP contribution >= 0.6 is 11.3 Å². The number of methoxy groups -OCH3 is 1. The molecular weight excluding hydrogens is 392 g/mol. The average Bonchev–Trinajstić information content (AvgIpc) is 3.24. The fourth-order valence-corrected chi connectivity index (χ4v) is 4.42. The van der Waals surface area contributed by atoms with E-state index in [4.69, 9.17) is 4.74 Å². The molecule has 0 bridgehead atoms. The van der Waals surface area contributed by atoms with Gasteiger partial charge in [0.1, 0.15) is 16.9 Å². The van der Waals surface area contributed by atoms with Crippen LogP contribution in [0.15, 0.2) is 35.4 Å². The number of benzene rings is 1. The fourth-order valence-electron chi connectivity index (χ4n) is 3.44. The van der Waals surface area contributed by atoms with Gasteiger partial charge in [-0.2, -0.15) is 0 Å². The highest BCUT2D eigenvalue weighted by molar-refractivity contribution is 7.18. The zero-order valence-electron chi connectivity index (χ0n) is 16.3. The third kappa shape index (κ3) is 3.38. The van der Waals surface area contributed by atoms with Gasteiger partial charge in [-0.15, -0.1) is 11.3 Å². The summed E-state index contributed by atoms with van der Waals surface area (Å²) in [7, 11) is 1.56. The van der Waals surface area contributed by atoms with Gasteiger partial charge in [0.2, 0.25) is 11.8 Å². The van der Waals surface area contributed by atoms with Crippen LogP contribution in [0.3, 0.4) is 0 Å². The molecule has 1 atom stereocenters. The smallest absolute Gasteiger partial charge is 0.281 e. The molecule has 2 amide bonds. The molecule has 0 spiro atoms. The maximum Gasteiger partial charge on any atom is 0.281 e. The molecule has 0 unspecified atom stereocenters. The van der Waals surface area contributed by atoms with Crippen LogP contribution in [0.5, 0.6) is 5.75 Å². The number of rotatable bonds is 4. The lowest BCUT2D eigenvalue weighted by molar-refractivity contribution is -0.123. The molecule has 150 valence electrons. The van der Waals surface area contributed by atoms with E-state index in [9.17, 15) is 14.4 Å². The van der Waals surface area contributed by atoms with Crippen LogP contribution in [0.25, 0.3) is 10.2 Å². The number of nitrogens with zero attached hydrogens (tertiary/aromatic N) is 3. The molecule has 1 aromatic carbocycles. The highest BCUT2D eigenvalue weighted by Crippen LogP contribution is 2.28. The van der Waals surface area contributed by atoms with E-state index < -0.39 is 11.8 Å². The Morgan fingerprint density at radius 2 is 2.10 bits per heavy atom. The lowest BCUT2D eigenvalue weighted by Crippen LogP contribution is -2.37. The predicted molar refractivity (Wildman–Crippen MR) is 111 cm³/mol. The minimum Gasteiger partial charge on any atom is -0.497 e. The SMILES string of the molecule is COc1cccc(N2C[C@H](C(=O)Nn3cnc4sc(C)c(C)c4c3=O)CC2=O)c1. The van der Waals surface area contributed by atoms with E-state index in [0.717, 1.165) is 15.1 Å². The lowest BCUT2D eigenvalue weighted by Gasteiger charge is -2.17. The number of hydrogen-bond donors (Lipinski definition) is 1. The van der Waals surface area contributed by atoms with Crippen LogP contribution in [0, 0.1) is 19.8 Å². The van der Waals surface area contributed by atoms with Crippen molar-refractivity contribution in [1.82, 2.24) is 9.66 Å². The second-order valence-electron chi connectivity index (χ2n) is 6.97. The first-order valence-electron chi connectivity index (χ1n) is 9.11. The number of fused-ring (bicyclic) bond motifs is 1. The van der Waals surface area contributed by atoms with Crippen molar-refractivity contribution >= 4 is 39.1 Å². The Morgan fingerprint density at radius 3 is 2.86 bits per heavy atom. The molecule has 0 saturated carbocycles. The summed E-state index contributed by atoms with van der Waals surface area (Å²) in [6, 6.07) is 7.13. The molecule has 0 radical (unpaired) electrons. The molecule has 1 aliphatic rings. The van der Waals surface area contributed by atoms with E-state index in [-0.39, 0.29) is 24.4 Å². The number of amides is 2. The Labute approximate surface area is 170 Å². The zero-order valence-corrected chi connectivity index (χ0v) is 17.1. The van der Waals surface area contributed by atoms with E-state index >= 15 is 0 Å². The van der Waals surface area contributed by atoms with Crippen molar-refractivity contribution in [3.05, 3.63) is 51.4 Å². The van der Waals surface area contributed by atoms with Crippen LogP contribution in [-0.2, 0) is 9.59 Å². The maximum atomic E-state index is 12.8. The van der Waals surface area contributed by atoms with Crippen LogP contribution < -0.4 is 20.6 Å². The number of ether oxygens (including phenoxy) is 1. The molecule has 0 aliphatic carbocycles. The molecule has 1 saturated heterocycles. The van der Waals surface area contributed by atoms with Gasteiger partial charge in [-0.25, -0.2) is 9.66 Å². The number of nitrogens with one attached hydrogen (secondary N) is 1. The van der Waals surface area contributed by atoms with Gasteiger partial charge < -0.3 is 9.64 Å². The largest absolute Gasteiger partial charge is 0.497 e. The van der Waals surface area contributed by atoms with E-state index in [0.29, 0.717) is 21.7 Å². The number of anilines is 1. The number of aryl methyl sites for hydroxylation is 2. The molecular formula is C20H20N4O4S. The van der Waals surface area contributed by atoms with Crippen molar-refractivity contribution in [2.24, 2.45) is 5.92 Å². The van der Waals surface area contributed by atoms with Gasteiger partial charge in [-0.05, 0) is 31.5 Å². The molecule has 1 N–H and O–H groups in total. The lowest BCUT2D eigenvalue weighted by atomic mass is 10.1. The summed E-state index contributed by atoms with van der Waals surface area (Å²) in [6.07, 6.45) is 1.39. The van der Waals surface area contributed by atoms with Crippen LogP contribution in [-0.4, -0.2) is 35.1 Å². The predicted octanol–water partition coefficient (Wildman–Crippen LogP) is 2.21. The number of thiophene rings is 1. The van der Waals surface area contributed by atoms with Gasteiger partial charge in [0.05, 0.1) is 18.4 Å². The van der Waals surface area contributed by atoms with Crippen LogP contribution in [0.2, 0.25) is 0 Å². The first-order valence-corrected chi connectivity index (χ1v) is 9.93. The quantitative estimate of drug-likeness (QED) is 0.709. The van der Waals surface area contributed by atoms with Crippen molar-refractivity contribution in [2.75, 3.05) is 24.0 Å². The Kier molecular flexibility index (Phi) is 4.83. The first kappa shape index (κ1) is 19.1. The van der Waals surface area contributed by atoms with Gasteiger partial charge in [0.15, 0.2) is 0 Å². The molecule has 4 rings (SSSR count). The Bertz CT molecular complexity index is 1180. The summed E-state index contributed by atoms with van der Waals surface area (Å²) in [5.41, 5.74) is 3.82. The Balaban J connectivity index is 1.54. The molecule has 29 heavy (non-hydrogen) atoms. The zero-order chi connectivity index (χ0) is 20.7. The monoisotopic (exact) mass is 412 g/mol. The molecule has 3 heterocycles. The van der Waals surface area contributed by atoms with Gasteiger partial charge in [-0.1, -0.05) is 6.07 Å². The van der Waals surface area contributed by atoms with Crippen LogP contribution in [0.1, 0.15) is 16.9 Å². The van der Waals surface area contributed by atoms with Gasteiger partial charge in [0.25, 0.3) is 5.56 Å². The highest BCUT2D eigenvalue weighted by atomic mass is 32.1. The summed E-state index contributed by atoms with van der Waals surface area (Å²) in [4.78, 5) is 45.5. The number of carbonyl (C=O) groups is 2. The van der Waals surface area contributed by atoms with Gasteiger partial charge in [0, 0.05) is 29.6 Å². The average molecular weight is 412 g/mol. The molecule has 3 aromatic rings. The van der Waals surface area contributed by atoms with E-state index in [1.807, 2.05) is 13.8 Å². The van der Waals surface area contributed by atoms with E-state index in [1.165, 1.54) is 17.7 Å². The van der Waals surface area contributed by atoms with Crippen molar-refractivity contribution in [1.29, 1.82) is 0 Å². The minimum atomic E-state index is -0.568. The molecule has 1 aliphatic heterocycles. The van der Waals surface area contributed by atoms with Crippen molar-refractivity contribution in [3.63, 3.8) is 0 Å². The Hall–Kier alpha value is -3.20. The summed E-state index contributed by atoms with van der Waals surface area (Å²) in [5.74, 6) is -0.475. The maximum absolute atomic E-state index is 12.8. The summed E-state index contributed by atoms with van der Waals surface area (Å²) < 4.78 is 6.30. The summed E-state index contributed by atoms with van der Waals surface area (Å²) in [6.45, 7) is 4.03. The summed E-state index contributed by atoms with van der Waals surface area (Å²) in [5, 5.41) is 0.510. The normalized spacial score (nSPS) is 16.4. The molecule has 2 aromatic heterocycles. The molecule has 8 nitrogen and oxygen atoms in total. The third-order valence-electron chi connectivity index (χ3n) is 5.18. The van der Waals surface area contributed by atoms with Crippen molar-refractivity contribution in [2.45, 2.75) is 20.3 Å². The fraction of sp³-hybridized carbons (Fsp3) is 0.300. The second-order valence-corrected chi connectivity index (χ2v) is 8.17. The first-order chi connectivity index (χ1) is 13.9. The second kappa shape index (κ2) is 7.32. The Morgan fingerprint density at radius 1 is 1.31 bits per heavy atom. The third-order valence-corrected chi connectivity index (χ3v) is 6.30. The topological polar surface area (TPSA) is 93.5 Å². The minimum absolute atomic E-state index is 0.0735. The van der Waals surface area contributed by atoms with Crippen molar-refractivity contribution in [3.8, 4) is 5.75 Å². The van der Waals surface area contributed by atoms with Crippen molar-refractivity contribution < 1.29 is 14.3 Å². The molecule has 1 fully saturated rings. The standard InChI is InChI=1S/C20H20N4O4S/c1-11-12(2)29-19-17(11)20(27)24(10-21-19)22-18(26)13-7-16(25)23(9-13)14-5-4-6-15(8-14)28-3/h4-6,8,10,13H,7,9H2,1-3H3,(H,22,26)/t13-/m1/s1. The number of carbonyl (C=O) groups excluding carboxylic acids is 2. The van der Waals surface area contributed by atoms with Crippen LogP contribution in [0.4, 0.5) is 5.69 Å². The van der Waals surface area contributed by atoms with Gasteiger partial charge in [-0.3, -0.25) is 19.8 Å². The van der Waals surface area contributed by atoms with E-state index in [2.05, 4.69) is 10.4 Å². The summed E-state index contributed by atoms with van der Waals surface area (Å²) >= 11 is 1.45. The van der Waals surface area contributed by atoms with E-state index in [1.54, 1.807) is 36.3 Å². The highest BCUT2D eigenvalue weighted by Gasteiger charge is 2.35. The number of aromatic nitrogens is 2. The van der Waals surface area contributed by atoms with Gasteiger partial charge >= 0.3 is 0 Å². The number of hydrogen-bond acceptors (Lipinski definition) is 6. The molecule has 9 heteroatoms.